The molecule has 1 heterocycles. The zero-order valence-corrected chi connectivity index (χ0v) is 20.2. The van der Waals surface area contributed by atoms with E-state index in [1.807, 2.05) is 19.9 Å². The number of aryl methyl sites for hydroxylation is 3. The first-order chi connectivity index (χ1) is 15.1. The van der Waals surface area contributed by atoms with Gasteiger partial charge in [0.25, 0.3) is 0 Å². The first-order valence-corrected chi connectivity index (χ1v) is 11.2. The SMILES string of the molecule is CC(C)C(=O)CC(=O)O.CCOC(=O)c1c(C)cn(CCCc2ccccc2)c1C(C)C. The Bertz CT molecular complexity index is 881. The van der Waals surface area contributed by atoms with Crippen molar-refractivity contribution < 1.29 is 24.2 Å². The van der Waals surface area contributed by atoms with E-state index in [1.165, 1.54) is 5.56 Å². The van der Waals surface area contributed by atoms with Crippen LogP contribution < -0.4 is 0 Å². The Morgan fingerprint density at radius 2 is 1.69 bits per heavy atom. The van der Waals surface area contributed by atoms with Crippen molar-refractivity contribution in [1.29, 1.82) is 0 Å². The van der Waals surface area contributed by atoms with Gasteiger partial charge < -0.3 is 14.4 Å². The van der Waals surface area contributed by atoms with E-state index in [-0.39, 0.29) is 24.1 Å². The Morgan fingerprint density at radius 1 is 1.06 bits per heavy atom. The van der Waals surface area contributed by atoms with Gasteiger partial charge in [0.2, 0.25) is 0 Å². The topological polar surface area (TPSA) is 85.6 Å². The minimum atomic E-state index is -1.05. The normalized spacial score (nSPS) is 10.6. The van der Waals surface area contributed by atoms with Gasteiger partial charge in [0.15, 0.2) is 0 Å². The number of rotatable bonds is 10. The van der Waals surface area contributed by atoms with Crippen LogP contribution in [0.3, 0.4) is 0 Å². The molecule has 6 heteroatoms. The molecule has 176 valence electrons. The van der Waals surface area contributed by atoms with Gasteiger partial charge in [-0.05, 0) is 43.7 Å². The number of Topliss-reactive ketones (excluding diaryl/α,β-unsaturated/α-hetero) is 1. The number of carbonyl (C=O) groups excluding carboxylic acids is 2. The van der Waals surface area contributed by atoms with Gasteiger partial charge in [-0.1, -0.05) is 58.0 Å². The third kappa shape index (κ3) is 8.69. The molecule has 6 nitrogen and oxygen atoms in total. The predicted octanol–water partition coefficient (Wildman–Crippen LogP) is 5.42. The average molecular weight is 444 g/mol. The van der Waals surface area contributed by atoms with Gasteiger partial charge in [0, 0.05) is 24.4 Å². The van der Waals surface area contributed by atoms with Gasteiger partial charge in [-0.25, -0.2) is 4.79 Å². The molecule has 0 spiro atoms. The number of benzene rings is 1. The van der Waals surface area contributed by atoms with Crippen molar-refractivity contribution in [3.8, 4) is 0 Å². The highest BCUT2D eigenvalue weighted by Crippen LogP contribution is 2.26. The quantitative estimate of drug-likeness (QED) is 0.392. The van der Waals surface area contributed by atoms with Crippen LogP contribution in [-0.2, 0) is 27.3 Å². The van der Waals surface area contributed by atoms with Gasteiger partial charge in [0.1, 0.15) is 12.2 Å². The van der Waals surface area contributed by atoms with Crippen LogP contribution in [0.5, 0.6) is 0 Å². The van der Waals surface area contributed by atoms with E-state index in [4.69, 9.17) is 9.84 Å². The smallest absolute Gasteiger partial charge is 0.340 e. The molecule has 2 rings (SSSR count). The maximum absolute atomic E-state index is 12.3. The summed E-state index contributed by atoms with van der Waals surface area (Å²) in [6.07, 6.45) is 3.84. The molecule has 0 unspecified atom stereocenters. The summed E-state index contributed by atoms with van der Waals surface area (Å²) in [6, 6.07) is 10.5. The van der Waals surface area contributed by atoms with Crippen LogP contribution in [0, 0.1) is 12.8 Å². The number of esters is 1. The molecule has 0 amide bonds. The van der Waals surface area contributed by atoms with Crippen LogP contribution in [-0.4, -0.2) is 34.0 Å². The lowest BCUT2D eigenvalue weighted by Crippen LogP contribution is -2.12. The highest BCUT2D eigenvalue weighted by atomic mass is 16.5. The van der Waals surface area contributed by atoms with Crippen molar-refractivity contribution in [3.05, 3.63) is 58.9 Å². The molecule has 0 radical (unpaired) electrons. The number of hydrogen-bond donors (Lipinski definition) is 1. The number of carboxylic acids is 1. The molecule has 1 N–H and O–H groups in total. The lowest BCUT2D eigenvalue weighted by atomic mass is 10.0. The second-order valence-electron chi connectivity index (χ2n) is 8.42. The summed E-state index contributed by atoms with van der Waals surface area (Å²) in [5.41, 5.74) is 4.20. The second kappa shape index (κ2) is 13.5. The van der Waals surface area contributed by atoms with Gasteiger partial charge in [0.05, 0.1) is 12.2 Å². The Labute approximate surface area is 191 Å². The van der Waals surface area contributed by atoms with Crippen LogP contribution >= 0.6 is 0 Å². The number of hydrogen-bond acceptors (Lipinski definition) is 4. The van der Waals surface area contributed by atoms with Crippen molar-refractivity contribution in [1.82, 2.24) is 4.57 Å². The molecule has 0 saturated carbocycles. The average Bonchev–Trinajstić information content (AvgIpc) is 3.05. The first-order valence-electron chi connectivity index (χ1n) is 11.2. The van der Waals surface area contributed by atoms with E-state index in [0.717, 1.165) is 36.2 Å². The number of carboxylic acid groups (broad SMARTS) is 1. The van der Waals surface area contributed by atoms with Crippen molar-refractivity contribution >= 4 is 17.7 Å². The van der Waals surface area contributed by atoms with Crippen LogP contribution in [0.1, 0.15) is 80.6 Å². The molecular weight excluding hydrogens is 406 g/mol. The Morgan fingerprint density at radius 3 is 2.16 bits per heavy atom. The van der Waals surface area contributed by atoms with Crippen LogP contribution in [0.2, 0.25) is 0 Å². The van der Waals surface area contributed by atoms with Crippen molar-refractivity contribution in [2.75, 3.05) is 6.61 Å². The van der Waals surface area contributed by atoms with Crippen LogP contribution in [0.4, 0.5) is 0 Å². The molecule has 0 aliphatic rings. The van der Waals surface area contributed by atoms with Gasteiger partial charge in [-0.3, -0.25) is 9.59 Å². The number of ether oxygens (including phenoxy) is 1. The molecule has 32 heavy (non-hydrogen) atoms. The van der Waals surface area contributed by atoms with E-state index in [2.05, 4.69) is 48.9 Å². The van der Waals surface area contributed by atoms with Crippen molar-refractivity contribution in [3.63, 3.8) is 0 Å². The summed E-state index contributed by atoms with van der Waals surface area (Å²) in [7, 11) is 0. The highest BCUT2D eigenvalue weighted by Gasteiger charge is 2.22. The summed E-state index contributed by atoms with van der Waals surface area (Å²) in [4.78, 5) is 32.7. The lowest BCUT2D eigenvalue weighted by molar-refractivity contribution is -0.140. The van der Waals surface area contributed by atoms with E-state index in [9.17, 15) is 14.4 Å². The molecule has 0 saturated heterocycles. The Balaban J connectivity index is 0.000000482. The van der Waals surface area contributed by atoms with Crippen LogP contribution in [0.15, 0.2) is 36.5 Å². The van der Waals surface area contributed by atoms with E-state index in [0.29, 0.717) is 12.5 Å². The Hall–Kier alpha value is -2.89. The fraction of sp³-hybridized carbons (Fsp3) is 0.500. The van der Waals surface area contributed by atoms with Gasteiger partial charge in [-0.2, -0.15) is 0 Å². The van der Waals surface area contributed by atoms with Gasteiger partial charge in [-0.15, -0.1) is 0 Å². The molecule has 1 aromatic heterocycles. The summed E-state index contributed by atoms with van der Waals surface area (Å²) in [5, 5.41) is 8.11. The number of nitrogens with zero attached hydrogens (tertiary/aromatic N) is 1. The third-order valence-corrected chi connectivity index (χ3v) is 5.01. The fourth-order valence-corrected chi connectivity index (χ4v) is 3.44. The molecule has 0 fully saturated rings. The van der Waals surface area contributed by atoms with Gasteiger partial charge >= 0.3 is 11.9 Å². The zero-order valence-electron chi connectivity index (χ0n) is 20.2. The monoisotopic (exact) mass is 443 g/mol. The standard InChI is InChI=1S/C20H27NO2.C6H10O3/c1-5-23-20(22)18-16(4)14-21(19(18)15(2)3)13-9-12-17-10-7-6-8-11-17;1-4(2)5(7)3-6(8)9/h6-8,10-11,14-15H,5,9,12-13H2,1-4H3;4H,3H2,1-2H3,(H,8,9). The largest absolute Gasteiger partial charge is 0.481 e. The van der Waals surface area contributed by atoms with Crippen LogP contribution in [0.25, 0.3) is 0 Å². The Kier molecular flexibility index (Phi) is 11.5. The number of aliphatic carboxylic acids is 1. The lowest BCUT2D eigenvalue weighted by Gasteiger charge is -2.14. The number of carbonyl (C=O) groups is 3. The summed E-state index contributed by atoms with van der Waals surface area (Å²) < 4.78 is 7.47. The van der Waals surface area contributed by atoms with E-state index < -0.39 is 5.97 Å². The van der Waals surface area contributed by atoms with Crippen molar-refractivity contribution in [2.24, 2.45) is 5.92 Å². The molecular formula is C26H37NO5. The second-order valence-corrected chi connectivity index (χ2v) is 8.42. The summed E-state index contributed by atoms with van der Waals surface area (Å²) >= 11 is 0. The minimum Gasteiger partial charge on any atom is -0.481 e. The number of ketones is 1. The summed E-state index contributed by atoms with van der Waals surface area (Å²) in [6.45, 7) is 12.8. The maximum Gasteiger partial charge on any atom is 0.340 e. The molecule has 1 aromatic carbocycles. The van der Waals surface area contributed by atoms with Crippen molar-refractivity contribution in [2.45, 2.75) is 73.3 Å². The minimum absolute atomic E-state index is 0.166. The highest BCUT2D eigenvalue weighted by molar-refractivity contribution is 5.95. The fourth-order valence-electron chi connectivity index (χ4n) is 3.44. The molecule has 2 aromatic rings. The third-order valence-electron chi connectivity index (χ3n) is 5.01. The first kappa shape index (κ1) is 27.1. The molecule has 0 atom stereocenters. The predicted molar refractivity (Wildman–Crippen MR) is 126 cm³/mol. The molecule has 0 bridgehead atoms. The zero-order chi connectivity index (χ0) is 24.3. The molecule has 0 aliphatic heterocycles. The maximum atomic E-state index is 12.3. The van der Waals surface area contributed by atoms with E-state index in [1.54, 1.807) is 13.8 Å². The number of aromatic nitrogens is 1. The molecule has 0 aliphatic carbocycles. The van der Waals surface area contributed by atoms with E-state index >= 15 is 0 Å². The summed E-state index contributed by atoms with van der Waals surface area (Å²) in [5.74, 6) is -1.34.